The molecule has 2 rings (SSSR count). The van der Waals surface area contributed by atoms with Crippen LogP contribution in [0.2, 0.25) is 10.2 Å². The lowest BCUT2D eigenvalue weighted by molar-refractivity contribution is 0.680. The standard InChI is InChI=1S/C9H10Cl2N2/c10-7-5-8(12-13-9(7)11)6-3-1-2-4-6/h5-6H,1-4H2. The lowest BCUT2D eigenvalue weighted by atomic mass is 10.0. The Balaban J connectivity index is 2.25. The summed E-state index contributed by atoms with van der Waals surface area (Å²) >= 11 is 11.5. The Bertz CT molecular complexity index is 308. The summed E-state index contributed by atoms with van der Waals surface area (Å²) in [5.74, 6) is 0.544. The van der Waals surface area contributed by atoms with E-state index in [-0.39, 0.29) is 0 Å². The van der Waals surface area contributed by atoms with E-state index in [0.717, 1.165) is 5.69 Å². The minimum absolute atomic E-state index is 0.295. The van der Waals surface area contributed by atoms with E-state index in [4.69, 9.17) is 23.2 Å². The smallest absolute Gasteiger partial charge is 0.154 e. The molecule has 2 nitrogen and oxygen atoms in total. The molecule has 0 radical (unpaired) electrons. The van der Waals surface area contributed by atoms with Crippen molar-refractivity contribution in [1.82, 2.24) is 10.2 Å². The third kappa shape index (κ3) is 1.94. The SMILES string of the molecule is Clc1cc(C2CCCC2)nnc1Cl. The average Bonchev–Trinajstić information content (AvgIpc) is 2.62. The summed E-state index contributed by atoms with van der Waals surface area (Å²) in [5, 5.41) is 8.67. The maximum absolute atomic E-state index is 5.86. The molecular formula is C9H10Cl2N2. The number of aromatic nitrogens is 2. The fourth-order valence-corrected chi connectivity index (χ4v) is 2.03. The molecule has 0 bridgehead atoms. The number of halogens is 2. The molecule has 1 aliphatic carbocycles. The van der Waals surface area contributed by atoms with E-state index in [9.17, 15) is 0 Å². The molecule has 0 saturated heterocycles. The summed E-state index contributed by atoms with van der Waals surface area (Å²) in [4.78, 5) is 0. The Morgan fingerprint density at radius 2 is 1.85 bits per heavy atom. The van der Waals surface area contributed by atoms with Crippen molar-refractivity contribution in [3.05, 3.63) is 21.9 Å². The highest BCUT2D eigenvalue weighted by molar-refractivity contribution is 6.41. The molecule has 0 unspecified atom stereocenters. The molecule has 13 heavy (non-hydrogen) atoms. The van der Waals surface area contributed by atoms with E-state index in [1.807, 2.05) is 6.07 Å². The molecule has 0 spiro atoms. The maximum atomic E-state index is 5.86. The second kappa shape index (κ2) is 3.81. The van der Waals surface area contributed by atoms with E-state index >= 15 is 0 Å². The van der Waals surface area contributed by atoms with Gasteiger partial charge in [0.15, 0.2) is 5.15 Å². The lowest BCUT2D eigenvalue weighted by Crippen LogP contribution is -1.98. The van der Waals surface area contributed by atoms with Gasteiger partial charge in [0.05, 0.1) is 10.7 Å². The molecule has 1 aromatic rings. The summed E-state index contributed by atoms with van der Waals surface area (Å²) in [6.07, 6.45) is 4.97. The van der Waals surface area contributed by atoms with Crippen molar-refractivity contribution in [1.29, 1.82) is 0 Å². The Kier molecular flexibility index (Phi) is 2.70. The molecule has 0 aliphatic heterocycles. The second-order valence-corrected chi connectivity index (χ2v) is 4.15. The van der Waals surface area contributed by atoms with Gasteiger partial charge in [-0.2, -0.15) is 5.10 Å². The Labute approximate surface area is 87.3 Å². The summed E-state index contributed by atoms with van der Waals surface area (Å²) in [5.41, 5.74) is 0.993. The van der Waals surface area contributed by atoms with Crippen LogP contribution in [0.15, 0.2) is 6.07 Å². The zero-order chi connectivity index (χ0) is 9.26. The van der Waals surface area contributed by atoms with Crippen LogP contribution in [0.3, 0.4) is 0 Å². The molecule has 0 aromatic carbocycles. The minimum Gasteiger partial charge on any atom is -0.154 e. The monoisotopic (exact) mass is 216 g/mol. The van der Waals surface area contributed by atoms with Gasteiger partial charge in [-0.3, -0.25) is 0 Å². The zero-order valence-electron chi connectivity index (χ0n) is 7.13. The number of rotatable bonds is 1. The van der Waals surface area contributed by atoms with Crippen molar-refractivity contribution in [3.63, 3.8) is 0 Å². The summed E-state index contributed by atoms with van der Waals surface area (Å²) in [6, 6.07) is 1.84. The lowest BCUT2D eigenvalue weighted by Gasteiger charge is -2.07. The molecule has 1 aliphatic rings. The quantitative estimate of drug-likeness (QED) is 0.719. The first-order chi connectivity index (χ1) is 6.27. The van der Waals surface area contributed by atoms with Gasteiger partial charge in [0, 0.05) is 5.92 Å². The second-order valence-electron chi connectivity index (χ2n) is 3.39. The summed E-state index contributed by atoms with van der Waals surface area (Å²) in [7, 11) is 0. The zero-order valence-corrected chi connectivity index (χ0v) is 8.65. The van der Waals surface area contributed by atoms with Gasteiger partial charge in [-0.05, 0) is 18.9 Å². The first-order valence-electron chi connectivity index (χ1n) is 4.46. The molecular weight excluding hydrogens is 207 g/mol. The normalized spacial score (nSPS) is 18.0. The minimum atomic E-state index is 0.295. The van der Waals surface area contributed by atoms with Crippen molar-refractivity contribution in [3.8, 4) is 0 Å². The molecule has 0 amide bonds. The van der Waals surface area contributed by atoms with Crippen LogP contribution in [0.1, 0.15) is 37.3 Å². The van der Waals surface area contributed by atoms with Crippen LogP contribution in [-0.2, 0) is 0 Å². The highest BCUT2D eigenvalue weighted by Crippen LogP contribution is 2.34. The third-order valence-corrected chi connectivity index (χ3v) is 3.16. The number of hydrogen-bond donors (Lipinski definition) is 0. The van der Waals surface area contributed by atoms with Gasteiger partial charge in [0.1, 0.15) is 0 Å². The van der Waals surface area contributed by atoms with E-state index in [2.05, 4.69) is 10.2 Å². The Morgan fingerprint density at radius 3 is 2.46 bits per heavy atom. The average molecular weight is 217 g/mol. The van der Waals surface area contributed by atoms with E-state index in [1.165, 1.54) is 25.7 Å². The largest absolute Gasteiger partial charge is 0.170 e. The Hall–Kier alpha value is -0.340. The van der Waals surface area contributed by atoms with E-state index in [1.54, 1.807) is 0 Å². The van der Waals surface area contributed by atoms with Crippen LogP contribution >= 0.6 is 23.2 Å². The van der Waals surface area contributed by atoms with Crippen LogP contribution in [0.5, 0.6) is 0 Å². The van der Waals surface area contributed by atoms with Gasteiger partial charge in [0.25, 0.3) is 0 Å². The molecule has 1 heterocycles. The van der Waals surface area contributed by atoms with Gasteiger partial charge < -0.3 is 0 Å². The first-order valence-corrected chi connectivity index (χ1v) is 5.21. The highest BCUT2D eigenvalue weighted by Gasteiger charge is 2.19. The van der Waals surface area contributed by atoms with Crippen molar-refractivity contribution >= 4 is 23.2 Å². The molecule has 1 fully saturated rings. The first kappa shape index (κ1) is 9.22. The van der Waals surface area contributed by atoms with Crippen molar-refractivity contribution in [2.75, 3.05) is 0 Å². The van der Waals surface area contributed by atoms with Gasteiger partial charge in [0.2, 0.25) is 0 Å². The molecule has 70 valence electrons. The van der Waals surface area contributed by atoms with Gasteiger partial charge in [-0.25, -0.2) is 0 Å². The number of nitrogens with zero attached hydrogens (tertiary/aromatic N) is 2. The molecule has 1 aromatic heterocycles. The van der Waals surface area contributed by atoms with Crippen LogP contribution in [0.25, 0.3) is 0 Å². The van der Waals surface area contributed by atoms with Crippen LogP contribution < -0.4 is 0 Å². The van der Waals surface area contributed by atoms with Gasteiger partial charge in [-0.1, -0.05) is 36.0 Å². The topological polar surface area (TPSA) is 25.8 Å². The molecule has 0 atom stereocenters. The van der Waals surface area contributed by atoms with Crippen LogP contribution in [-0.4, -0.2) is 10.2 Å². The van der Waals surface area contributed by atoms with Crippen LogP contribution in [0, 0.1) is 0 Å². The van der Waals surface area contributed by atoms with E-state index < -0.39 is 0 Å². The maximum Gasteiger partial charge on any atom is 0.170 e. The van der Waals surface area contributed by atoms with Crippen LogP contribution in [0.4, 0.5) is 0 Å². The highest BCUT2D eigenvalue weighted by atomic mass is 35.5. The number of hydrogen-bond acceptors (Lipinski definition) is 2. The molecule has 0 N–H and O–H groups in total. The predicted octanol–water partition coefficient (Wildman–Crippen LogP) is 3.44. The predicted molar refractivity (Wildman–Crippen MR) is 53.3 cm³/mol. The summed E-state index contributed by atoms with van der Waals surface area (Å²) < 4.78 is 0. The fourth-order valence-electron chi connectivity index (χ4n) is 1.79. The van der Waals surface area contributed by atoms with Crippen molar-refractivity contribution in [2.24, 2.45) is 0 Å². The van der Waals surface area contributed by atoms with Gasteiger partial charge in [-0.15, -0.1) is 5.10 Å². The van der Waals surface area contributed by atoms with Gasteiger partial charge >= 0.3 is 0 Å². The fraction of sp³-hybridized carbons (Fsp3) is 0.556. The summed E-state index contributed by atoms with van der Waals surface area (Å²) in [6.45, 7) is 0. The van der Waals surface area contributed by atoms with Crippen molar-refractivity contribution in [2.45, 2.75) is 31.6 Å². The van der Waals surface area contributed by atoms with Crippen molar-refractivity contribution < 1.29 is 0 Å². The molecule has 4 heteroatoms. The third-order valence-electron chi connectivity index (χ3n) is 2.50. The Morgan fingerprint density at radius 1 is 1.15 bits per heavy atom. The van der Waals surface area contributed by atoms with E-state index in [0.29, 0.717) is 16.1 Å². The molecule has 1 saturated carbocycles.